The van der Waals surface area contributed by atoms with Crippen LogP contribution in [0.4, 0.5) is 5.13 Å². The molecule has 17 heteroatoms. The third kappa shape index (κ3) is 6.04. The van der Waals surface area contributed by atoms with Gasteiger partial charge in [0.25, 0.3) is 11.8 Å². The average Bonchev–Trinajstić information content (AvgIpc) is 3.61. The van der Waals surface area contributed by atoms with Gasteiger partial charge in [-0.2, -0.15) is 0 Å². The first-order chi connectivity index (χ1) is 19.9. The van der Waals surface area contributed by atoms with E-state index in [1.165, 1.54) is 33.1 Å². The summed E-state index contributed by atoms with van der Waals surface area (Å²) in [5, 5.41) is 29.5. The van der Waals surface area contributed by atoms with Crippen LogP contribution in [-0.2, 0) is 32.4 Å². The fraction of sp³-hybridized carbons (Fsp3) is 0.250. The number of carbonyl (C=O) groups excluding carboxylic acids is 2. The number of fused-ring (bicyclic) bond motifs is 1. The number of tetrazole rings is 1. The van der Waals surface area contributed by atoms with E-state index >= 15 is 0 Å². The Labute approximate surface area is 245 Å². The molecule has 0 radical (unpaired) electrons. The number of aromatic nitrogens is 5. The molecule has 1 saturated heterocycles. The van der Waals surface area contributed by atoms with E-state index < -0.39 is 29.2 Å². The molecule has 0 bridgehead atoms. The number of nitrogens with two attached hydrogens (primary N) is 1. The van der Waals surface area contributed by atoms with Crippen LogP contribution >= 0.6 is 34.9 Å². The van der Waals surface area contributed by atoms with Crippen molar-refractivity contribution < 1.29 is 24.3 Å². The Morgan fingerprint density at radius 2 is 2.15 bits per heavy atom. The number of thioether (sulfide) groups is 2. The van der Waals surface area contributed by atoms with Crippen molar-refractivity contribution in [2.45, 2.75) is 29.7 Å². The van der Waals surface area contributed by atoms with Crippen LogP contribution in [0.15, 0.2) is 57.3 Å². The smallest absolute Gasteiger partial charge is 0.352 e. The maximum absolute atomic E-state index is 13.3. The lowest BCUT2D eigenvalue weighted by atomic mass is 10.0. The van der Waals surface area contributed by atoms with Crippen molar-refractivity contribution in [3.05, 3.63) is 58.2 Å². The number of carbonyl (C=O) groups is 3. The number of hydrogen-bond donors (Lipinski definition) is 3. The lowest BCUT2D eigenvalue weighted by Gasteiger charge is -2.49. The van der Waals surface area contributed by atoms with E-state index in [0.29, 0.717) is 16.5 Å². The predicted octanol–water partition coefficient (Wildman–Crippen LogP) is 0.797. The van der Waals surface area contributed by atoms with Crippen molar-refractivity contribution >= 4 is 63.5 Å². The summed E-state index contributed by atoms with van der Waals surface area (Å²) >= 11 is 3.67. The van der Waals surface area contributed by atoms with E-state index in [4.69, 9.17) is 17.0 Å². The van der Waals surface area contributed by atoms with Gasteiger partial charge in [0.1, 0.15) is 36.0 Å². The molecule has 0 saturated carbocycles. The summed E-state index contributed by atoms with van der Waals surface area (Å²) < 4.78 is 1.42. The highest BCUT2D eigenvalue weighted by molar-refractivity contribution is 8.01. The first-order valence-electron chi connectivity index (χ1n) is 11.9. The van der Waals surface area contributed by atoms with E-state index in [1.807, 2.05) is 30.3 Å². The molecule has 0 spiro atoms. The van der Waals surface area contributed by atoms with Crippen molar-refractivity contribution in [2.24, 2.45) is 5.16 Å². The quantitative estimate of drug-likeness (QED) is 0.0910. The minimum Gasteiger partial charge on any atom is -0.477 e. The van der Waals surface area contributed by atoms with Gasteiger partial charge in [-0.25, -0.2) is 14.5 Å². The van der Waals surface area contributed by atoms with Crippen molar-refractivity contribution in [3.63, 3.8) is 0 Å². The third-order valence-electron chi connectivity index (χ3n) is 5.86. The number of nitrogen functional groups attached to an aromatic ring is 1. The van der Waals surface area contributed by atoms with Crippen LogP contribution in [0.5, 0.6) is 0 Å². The maximum Gasteiger partial charge on any atom is 0.352 e. The van der Waals surface area contributed by atoms with Crippen LogP contribution in [0.3, 0.4) is 0 Å². The molecule has 2 aromatic heterocycles. The molecule has 41 heavy (non-hydrogen) atoms. The summed E-state index contributed by atoms with van der Waals surface area (Å²) in [4.78, 5) is 49.4. The fourth-order valence-electron chi connectivity index (χ4n) is 3.99. The standard InChI is InChI=1S/C24H21N9O5S3/c1-2-8-32-24(28-30-31-32)41-11-14-10-39-21-17(20(35)33(21)18(14)22(36)37)27-19(34)16(15-12-40-23(25)26-15)29-38-9-13-6-4-3-5-7-13/h1,3-7,12,17,21H,8-11H2,(H2,25,26)(H,27,34)(H,36,37)/b29-16+/t17?,21-/m1/s1. The van der Waals surface area contributed by atoms with Gasteiger partial charge in [0.15, 0.2) is 10.8 Å². The highest BCUT2D eigenvalue weighted by atomic mass is 32.2. The van der Waals surface area contributed by atoms with Crippen molar-refractivity contribution in [1.82, 2.24) is 35.4 Å². The van der Waals surface area contributed by atoms with Gasteiger partial charge in [0.05, 0.1) is 0 Å². The Kier molecular flexibility index (Phi) is 8.52. The number of oxime groups is 1. The van der Waals surface area contributed by atoms with E-state index in [1.54, 1.807) is 5.38 Å². The zero-order valence-corrected chi connectivity index (χ0v) is 23.5. The molecule has 2 atom stereocenters. The lowest BCUT2D eigenvalue weighted by molar-refractivity contribution is -0.150. The molecule has 3 aromatic rings. The van der Waals surface area contributed by atoms with Gasteiger partial charge < -0.3 is 21.0 Å². The molecule has 5 rings (SSSR count). The number of amides is 2. The second-order valence-corrected chi connectivity index (χ2v) is 11.4. The number of nitrogens with zero attached hydrogens (tertiary/aromatic N) is 7. The van der Waals surface area contributed by atoms with Crippen molar-refractivity contribution in [3.8, 4) is 12.3 Å². The molecule has 2 amide bonds. The highest BCUT2D eigenvalue weighted by Crippen LogP contribution is 2.41. The number of rotatable bonds is 11. The van der Waals surface area contributed by atoms with Crippen LogP contribution in [0.2, 0.25) is 0 Å². The fourth-order valence-corrected chi connectivity index (χ4v) is 6.90. The van der Waals surface area contributed by atoms with Gasteiger partial charge in [0, 0.05) is 16.9 Å². The van der Waals surface area contributed by atoms with Gasteiger partial charge in [-0.15, -0.1) is 34.6 Å². The number of thiazole rings is 1. The molecule has 4 heterocycles. The number of anilines is 1. The monoisotopic (exact) mass is 611 g/mol. The van der Waals surface area contributed by atoms with Gasteiger partial charge in [0.2, 0.25) is 5.16 Å². The Morgan fingerprint density at radius 1 is 1.34 bits per heavy atom. The minimum absolute atomic E-state index is 0.106. The molecule has 0 aliphatic carbocycles. The number of benzene rings is 1. The molecule has 1 fully saturated rings. The molecule has 14 nitrogen and oxygen atoms in total. The normalized spacial score (nSPS) is 18.4. The number of carboxylic acid groups (broad SMARTS) is 1. The zero-order valence-electron chi connectivity index (χ0n) is 21.0. The Hall–Kier alpha value is -4.40. The van der Waals surface area contributed by atoms with Gasteiger partial charge >= 0.3 is 5.97 Å². The van der Waals surface area contributed by atoms with Crippen molar-refractivity contribution in [1.29, 1.82) is 0 Å². The SMILES string of the molecule is C#CCn1nnnc1SCC1=C(C(=O)O)N2C(=O)C(NC(=O)/C(=N/OCc3ccccc3)c3csc(N)n3)[C@H]2SC1. The topological polar surface area (TPSA) is 191 Å². The van der Waals surface area contributed by atoms with Crippen LogP contribution in [-0.4, -0.2) is 81.6 Å². The molecule has 1 aromatic carbocycles. The maximum atomic E-state index is 13.3. The summed E-state index contributed by atoms with van der Waals surface area (Å²) in [5.74, 6) is 0.478. The van der Waals surface area contributed by atoms with Crippen LogP contribution < -0.4 is 11.1 Å². The first-order valence-corrected chi connectivity index (χ1v) is 14.8. The molecule has 2 aliphatic rings. The van der Waals surface area contributed by atoms with Crippen molar-refractivity contribution in [2.75, 3.05) is 17.2 Å². The molecule has 2 aliphatic heterocycles. The van der Waals surface area contributed by atoms with Crippen LogP contribution in [0.1, 0.15) is 11.3 Å². The Balaban J connectivity index is 1.29. The molecular formula is C24H21N9O5S3. The second kappa shape index (κ2) is 12.4. The van der Waals surface area contributed by atoms with Gasteiger partial charge in [-0.05, 0) is 21.6 Å². The summed E-state index contributed by atoms with van der Waals surface area (Å²) in [5.41, 5.74) is 7.02. The average molecular weight is 612 g/mol. The van der Waals surface area contributed by atoms with E-state index in [9.17, 15) is 19.5 Å². The largest absolute Gasteiger partial charge is 0.477 e. The highest BCUT2D eigenvalue weighted by Gasteiger charge is 2.54. The first kappa shape index (κ1) is 28.1. The number of aliphatic carboxylic acids is 1. The summed E-state index contributed by atoms with van der Waals surface area (Å²) in [6.45, 7) is 0.271. The number of terminal acetylenes is 1. The van der Waals surface area contributed by atoms with Crippen LogP contribution in [0.25, 0.3) is 0 Å². The molecular weight excluding hydrogens is 591 g/mol. The zero-order chi connectivity index (χ0) is 28.9. The number of β-lactam (4-membered cyclic amide) rings is 1. The second-order valence-electron chi connectivity index (χ2n) is 8.50. The number of nitrogens with one attached hydrogen (secondary N) is 1. The summed E-state index contributed by atoms with van der Waals surface area (Å²) in [6.07, 6.45) is 5.33. The third-order valence-corrected chi connectivity index (χ3v) is 8.92. The minimum atomic E-state index is -1.25. The Morgan fingerprint density at radius 3 is 2.85 bits per heavy atom. The van der Waals surface area contributed by atoms with E-state index in [0.717, 1.165) is 16.9 Å². The molecule has 210 valence electrons. The van der Waals surface area contributed by atoms with Crippen LogP contribution in [0, 0.1) is 12.3 Å². The molecule has 4 N–H and O–H groups in total. The molecule has 1 unspecified atom stereocenters. The van der Waals surface area contributed by atoms with Gasteiger partial charge in [-0.3, -0.25) is 14.5 Å². The Bertz CT molecular complexity index is 1580. The number of hydrogen-bond acceptors (Lipinski definition) is 13. The lowest BCUT2D eigenvalue weighted by Crippen LogP contribution is -2.71. The number of carboxylic acids is 1. The van der Waals surface area contributed by atoms with Gasteiger partial charge in [-0.1, -0.05) is 53.2 Å². The predicted molar refractivity (Wildman–Crippen MR) is 151 cm³/mol. The van der Waals surface area contributed by atoms with E-state index in [-0.39, 0.29) is 41.1 Å². The summed E-state index contributed by atoms with van der Waals surface area (Å²) in [7, 11) is 0. The van der Waals surface area contributed by atoms with E-state index in [2.05, 4.69) is 36.9 Å². The summed E-state index contributed by atoms with van der Waals surface area (Å²) in [6, 6.07) is 8.27.